The molecule has 0 radical (unpaired) electrons. The SMILES string of the molecule is O=C(COc1ccccc1)NCCc1coc(-c2ccc(F)cc2)n1. The predicted molar refractivity (Wildman–Crippen MR) is 90.5 cm³/mol. The van der Waals surface area contributed by atoms with Gasteiger partial charge in [-0.1, -0.05) is 18.2 Å². The van der Waals surface area contributed by atoms with Gasteiger partial charge in [0.2, 0.25) is 5.89 Å². The number of aromatic nitrogens is 1. The van der Waals surface area contributed by atoms with Gasteiger partial charge in [-0.25, -0.2) is 9.37 Å². The van der Waals surface area contributed by atoms with Crippen LogP contribution < -0.4 is 10.1 Å². The molecular formula is C19H17FN2O3. The molecule has 0 saturated heterocycles. The Morgan fingerprint density at radius 3 is 2.64 bits per heavy atom. The monoisotopic (exact) mass is 340 g/mol. The number of nitrogens with zero attached hydrogens (tertiary/aromatic N) is 1. The average molecular weight is 340 g/mol. The van der Waals surface area contributed by atoms with Gasteiger partial charge in [-0.3, -0.25) is 4.79 Å². The van der Waals surface area contributed by atoms with Crippen LogP contribution in [0.3, 0.4) is 0 Å². The molecule has 0 saturated carbocycles. The summed E-state index contributed by atoms with van der Waals surface area (Å²) in [5, 5.41) is 2.76. The van der Waals surface area contributed by atoms with Crippen LogP contribution in [0.2, 0.25) is 0 Å². The third-order valence-electron chi connectivity index (χ3n) is 3.46. The Morgan fingerprint density at radius 2 is 1.88 bits per heavy atom. The number of carbonyl (C=O) groups excluding carboxylic acids is 1. The molecule has 0 aliphatic rings. The summed E-state index contributed by atoms with van der Waals surface area (Å²) in [4.78, 5) is 16.1. The van der Waals surface area contributed by atoms with Gasteiger partial charge in [0, 0.05) is 18.5 Å². The van der Waals surface area contributed by atoms with Gasteiger partial charge in [-0.2, -0.15) is 0 Å². The number of nitrogens with one attached hydrogen (secondary N) is 1. The first-order chi connectivity index (χ1) is 12.2. The van der Waals surface area contributed by atoms with Crippen LogP contribution in [-0.2, 0) is 11.2 Å². The smallest absolute Gasteiger partial charge is 0.257 e. The van der Waals surface area contributed by atoms with E-state index in [1.165, 1.54) is 18.4 Å². The van der Waals surface area contributed by atoms with Gasteiger partial charge < -0.3 is 14.5 Å². The minimum atomic E-state index is -0.309. The van der Waals surface area contributed by atoms with Crippen LogP contribution in [-0.4, -0.2) is 24.0 Å². The summed E-state index contributed by atoms with van der Waals surface area (Å²) in [6.45, 7) is 0.385. The number of para-hydroxylation sites is 1. The fourth-order valence-corrected chi connectivity index (χ4v) is 2.19. The average Bonchev–Trinajstić information content (AvgIpc) is 3.10. The summed E-state index contributed by atoms with van der Waals surface area (Å²) < 4.78 is 23.7. The van der Waals surface area contributed by atoms with E-state index < -0.39 is 0 Å². The lowest BCUT2D eigenvalue weighted by atomic mass is 10.2. The highest BCUT2D eigenvalue weighted by atomic mass is 19.1. The van der Waals surface area contributed by atoms with Crippen LogP contribution in [0.25, 0.3) is 11.5 Å². The molecule has 0 aliphatic carbocycles. The molecule has 6 heteroatoms. The molecule has 0 aliphatic heterocycles. The molecule has 128 valence electrons. The van der Waals surface area contributed by atoms with Gasteiger partial charge in [0.15, 0.2) is 6.61 Å². The van der Waals surface area contributed by atoms with E-state index in [1.807, 2.05) is 18.2 Å². The van der Waals surface area contributed by atoms with Crippen molar-refractivity contribution < 1.29 is 18.3 Å². The quantitative estimate of drug-likeness (QED) is 0.717. The molecule has 0 fully saturated rings. The first-order valence-electron chi connectivity index (χ1n) is 7.85. The molecule has 1 aromatic heterocycles. The van der Waals surface area contributed by atoms with Crippen LogP contribution in [0.4, 0.5) is 4.39 Å². The fourth-order valence-electron chi connectivity index (χ4n) is 2.19. The van der Waals surface area contributed by atoms with Gasteiger partial charge in [-0.05, 0) is 36.4 Å². The number of hydrogen-bond donors (Lipinski definition) is 1. The highest BCUT2D eigenvalue weighted by molar-refractivity contribution is 5.77. The summed E-state index contributed by atoms with van der Waals surface area (Å²) in [6.07, 6.45) is 2.06. The van der Waals surface area contributed by atoms with E-state index in [1.54, 1.807) is 24.3 Å². The van der Waals surface area contributed by atoms with Crippen molar-refractivity contribution >= 4 is 5.91 Å². The maximum atomic E-state index is 12.9. The predicted octanol–water partition coefficient (Wildman–Crippen LogP) is 3.22. The molecule has 0 unspecified atom stereocenters. The Labute approximate surface area is 144 Å². The van der Waals surface area contributed by atoms with Crippen LogP contribution in [0.5, 0.6) is 5.75 Å². The summed E-state index contributed by atoms with van der Waals surface area (Å²) >= 11 is 0. The van der Waals surface area contributed by atoms with Gasteiger partial charge in [-0.15, -0.1) is 0 Å². The molecule has 3 rings (SSSR count). The Hall–Kier alpha value is -3.15. The zero-order valence-corrected chi connectivity index (χ0v) is 13.4. The van der Waals surface area contributed by atoms with E-state index in [0.717, 1.165) is 0 Å². The molecule has 1 amide bonds. The molecule has 1 heterocycles. The number of halogens is 1. The molecule has 3 aromatic rings. The van der Waals surface area contributed by atoms with Crippen molar-refractivity contribution in [2.45, 2.75) is 6.42 Å². The third kappa shape index (κ3) is 4.91. The summed E-state index contributed by atoms with van der Waals surface area (Å²) in [6, 6.07) is 15.1. The lowest BCUT2D eigenvalue weighted by Gasteiger charge is -2.06. The molecule has 25 heavy (non-hydrogen) atoms. The molecule has 0 atom stereocenters. The first kappa shape index (κ1) is 16.7. The largest absolute Gasteiger partial charge is 0.484 e. The van der Waals surface area contributed by atoms with Gasteiger partial charge >= 0.3 is 0 Å². The van der Waals surface area contributed by atoms with E-state index in [0.29, 0.717) is 35.9 Å². The Kier molecular flexibility index (Phi) is 5.41. The second-order valence-corrected chi connectivity index (χ2v) is 5.35. The van der Waals surface area contributed by atoms with E-state index in [9.17, 15) is 9.18 Å². The number of rotatable bonds is 7. The molecule has 5 nitrogen and oxygen atoms in total. The lowest BCUT2D eigenvalue weighted by molar-refractivity contribution is -0.123. The summed E-state index contributed by atoms with van der Waals surface area (Å²) in [7, 11) is 0. The maximum absolute atomic E-state index is 12.9. The van der Waals surface area contributed by atoms with Crippen molar-refractivity contribution in [3.8, 4) is 17.2 Å². The van der Waals surface area contributed by atoms with Crippen molar-refractivity contribution in [2.75, 3.05) is 13.2 Å². The molecule has 0 spiro atoms. The normalized spacial score (nSPS) is 10.4. The summed E-state index contributed by atoms with van der Waals surface area (Å²) in [5.41, 5.74) is 1.41. The minimum absolute atomic E-state index is 0.0380. The second kappa shape index (κ2) is 8.10. The number of hydrogen-bond acceptors (Lipinski definition) is 4. The van der Waals surface area contributed by atoms with Crippen molar-refractivity contribution in [3.05, 3.63) is 72.4 Å². The standard InChI is InChI=1S/C19H17FN2O3/c20-15-8-6-14(7-9-15)19-22-16(12-25-19)10-11-21-18(23)13-24-17-4-2-1-3-5-17/h1-9,12H,10-11,13H2,(H,21,23). The highest BCUT2D eigenvalue weighted by Gasteiger charge is 2.08. The van der Waals surface area contributed by atoms with Crippen molar-refractivity contribution in [1.82, 2.24) is 10.3 Å². The first-order valence-corrected chi connectivity index (χ1v) is 7.85. The highest BCUT2D eigenvalue weighted by Crippen LogP contribution is 2.18. The van der Waals surface area contributed by atoms with E-state index in [4.69, 9.17) is 9.15 Å². The van der Waals surface area contributed by atoms with Crippen LogP contribution in [0, 0.1) is 5.82 Å². The minimum Gasteiger partial charge on any atom is -0.484 e. The number of amides is 1. The van der Waals surface area contributed by atoms with Crippen molar-refractivity contribution in [2.24, 2.45) is 0 Å². The van der Waals surface area contributed by atoms with Gasteiger partial charge in [0.1, 0.15) is 17.8 Å². The zero-order chi connectivity index (χ0) is 17.5. The van der Waals surface area contributed by atoms with E-state index in [2.05, 4.69) is 10.3 Å². The van der Waals surface area contributed by atoms with E-state index >= 15 is 0 Å². The lowest BCUT2D eigenvalue weighted by Crippen LogP contribution is -2.30. The topological polar surface area (TPSA) is 64.4 Å². The van der Waals surface area contributed by atoms with Crippen LogP contribution in [0.15, 0.2) is 65.3 Å². The number of benzene rings is 2. The molecule has 0 bridgehead atoms. The van der Waals surface area contributed by atoms with Crippen LogP contribution in [0.1, 0.15) is 5.69 Å². The fraction of sp³-hybridized carbons (Fsp3) is 0.158. The Bertz CT molecular complexity index is 816. The Balaban J connectivity index is 1.43. The number of carbonyl (C=O) groups is 1. The summed E-state index contributed by atoms with van der Waals surface area (Å²) in [5.74, 6) is 0.564. The molecule has 2 aromatic carbocycles. The van der Waals surface area contributed by atoms with Crippen molar-refractivity contribution in [1.29, 1.82) is 0 Å². The molecular weight excluding hydrogens is 323 g/mol. The second-order valence-electron chi connectivity index (χ2n) is 5.35. The zero-order valence-electron chi connectivity index (χ0n) is 13.4. The Morgan fingerprint density at radius 1 is 1.12 bits per heavy atom. The van der Waals surface area contributed by atoms with Gasteiger partial charge in [0.25, 0.3) is 5.91 Å². The van der Waals surface area contributed by atoms with E-state index in [-0.39, 0.29) is 18.3 Å². The number of oxazole rings is 1. The van der Waals surface area contributed by atoms with Crippen molar-refractivity contribution in [3.63, 3.8) is 0 Å². The molecule has 1 N–H and O–H groups in total. The van der Waals surface area contributed by atoms with Crippen LogP contribution >= 0.6 is 0 Å². The number of ether oxygens (including phenoxy) is 1. The maximum Gasteiger partial charge on any atom is 0.257 e. The van der Waals surface area contributed by atoms with Gasteiger partial charge in [0.05, 0.1) is 5.69 Å². The third-order valence-corrected chi connectivity index (χ3v) is 3.46.